The van der Waals surface area contributed by atoms with E-state index in [0.717, 1.165) is 5.82 Å². The van der Waals surface area contributed by atoms with Crippen molar-refractivity contribution >= 4 is 34.6 Å². The Morgan fingerprint density at radius 1 is 1.62 bits per heavy atom. The fourth-order valence-corrected chi connectivity index (χ4v) is 1.66. The summed E-state index contributed by atoms with van der Waals surface area (Å²) in [6.45, 7) is 4.85. The van der Waals surface area contributed by atoms with E-state index in [1.807, 2.05) is 0 Å². The third-order valence-corrected chi connectivity index (χ3v) is 2.61. The number of hydrogen-bond acceptors (Lipinski definition) is 4. The second-order valence-corrected chi connectivity index (χ2v) is 4.63. The lowest BCUT2D eigenvalue weighted by atomic mass is 10.3. The maximum atomic E-state index is 6.05. The van der Waals surface area contributed by atoms with Gasteiger partial charge in [0.05, 0.1) is 11.2 Å². The number of anilines is 1. The Hall–Kier alpha value is -0.940. The lowest BCUT2D eigenvalue weighted by Gasteiger charge is -2.28. The molecule has 1 rings (SSSR count). The Labute approximate surface area is 106 Å². The zero-order valence-corrected chi connectivity index (χ0v) is 10.9. The van der Waals surface area contributed by atoms with Gasteiger partial charge < -0.3 is 10.6 Å². The molecular weight excluding hydrogens is 244 g/mol. The molecule has 16 heavy (non-hydrogen) atoms. The molecule has 0 atom stereocenters. The van der Waals surface area contributed by atoms with Gasteiger partial charge in [-0.25, -0.2) is 9.97 Å². The van der Waals surface area contributed by atoms with E-state index < -0.39 is 0 Å². The fourth-order valence-electron chi connectivity index (χ4n) is 1.36. The number of nitrogens with two attached hydrogens (primary N) is 1. The molecule has 0 amide bonds. The molecule has 0 unspecified atom stereocenters. The summed E-state index contributed by atoms with van der Waals surface area (Å²) in [4.78, 5) is 10.6. The molecule has 0 bridgehead atoms. The Balaban J connectivity index is 2.85. The first-order valence-corrected chi connectivity index (χ1v) is 5.81. The summed E-state index contributed by atoms with van der Waals surface area (Å²) in [5.74, 6) is 0.725. The summed E-state index contributed by atoms with van der Waals surface area (Å²) in [7, 11) is 0. The van der Waals surface area contributed by atoms with E-state index in [1.54, 1.807) is 6.20 Å². The van der Waals surface area contributed by atoms with E-state index in [4.69, 9.17) is 29.6 Å². The largest absolute Gasteiger partial charge is 0.393 e. The molecule has 0 aromatic carbocycles. The van der Waals surface area contributed by atoms with Gasteiger partial charge in [-0.15, -0.1) is 0 Å². The predicted molar refractivity (Wildman–Crippen MR) is 70.9 cm³/mol. The van der Waals surface area contributed by atoms with Crippen molar-refractivity contribution in [1.82, 2.24) is 9.97 Å². The maximum Gasteiger partial charge on any atom is 0.151 e. The second kappa shape index (κ2) is 5.96. The third kappa shape index (κ3) is 3.57. The quantitative estimate of drug-likeness (QED) is 0.819. The van der Waals surface area contributed by atoms with Crippen molar-refractivity contribution in [2.75, 3.05) is 11.4 Å². The normalized spacial score (nSPS) is 10.5. The highest BCUT2D eigenvalue weighted by atomic mass is 35.5. The molecule has 0 spiro atoms. The Kier molecular flexibility index (Phi) is 4.89. The average molecular weight is 259 g/mol. The standard InChI is InChI=1S/C10H15ClN4S/c1-7(2)15(4-3-9(12)16)10-8(11)5-13-6-14-10/h5-7H,3-4H2,1-2H3,(H2,12,16). The molecule has 1 heterocycles. The fraction of sp³-hybridized carbons (Fsp3) is 0.500. The average Bonchev–Trinajstić information content (AvgIpc) is 2.20. The van der Waals surface area contributed by atoms with Crippen LogP contribution >= 0.6 is 23.8 Å². The number of rotatable bonds is 5. The molecule has 1 aromatic heterocycles. The summed E-state index contributed by atoms with van der Waals surface area (Å²) >= 11 is 10.9. The minimum absolute atomic E-state index is 0.279. The van der Waals surface area contributed by atoms with Crippen molar-refractivity contribution in [3.8, 4) is 0 Å². The van der Waals surface area contributed by atoms with Crippen LogP contribution in [-0.2, 0) is 0 Å². The molecule has 0 aliphatic heterocycles. The molecule has 0 radical (unpaired) electrons. The molecule has 4 nitrogen and oxygen atoms in total. The summed E-state index contributed by atoms with van der Waals surface area (Å²) < 4.78 is 0. The van der Waals surface area contributed by atoms with Crippen LogP contribution in [0.2, 0.25) is 5.02 Å². The SMILES string of the molecule is CC(C)N(CCC(N)=S)c1ncncc1Cl. The van der Waals surface area contributed by atoms with Crippen LogP contribution in [0.15, 0.2) is 12.5 Å². The van der Waals surface area contributed by atoms with Crippen LogP contribution in [0.4, 0.5) is 5.82 Å². The second-order valence-electron chi connectivity index (χ2n) is 3.70. The van der Waals surface area contributed by atoms with Gasteiger partial charge in [0.1, 0.15) is 11.3 Å². The number of hydrogen-bond donors (Lipinski definition) is 1. The molecule has 2 N–H and O–H groups in total. The lowest BCUT2D eigenvalue weighted by molar-refractivity contribution is 0.680. The van der Waals surface area contributed by atoms with Crippen LogP contribution in [0.5, 0.6) is 0 Å². The number of nitrogens with zero attached hydrogens (tertiary/aromatic N) is 3. The summed E-state index contributed by atoms with van der Waals surface area (Å²) in [6.07, 6.45) is 3.71. The molecule has 6 heteroatoms. The van der Waals surface area contributed by atoms with Gasteiger partial charge in [0, 0.05) is 19.0 Å². The van der Waals surface area contributed by atoms with Crippen molar-refractivity contribution in [3.05, 3.63) is 17.5 Å². The molecule has 0 aliphatic rings. The highest BCUT2D eigenvalue weighted by molar-refractivity contribution is 7.80. The monoisotopic (exact) mass is 258 g/mol. The van der Waals surface area contributed by atoms with E-state index in [9.17, 15) is 0 Å². The van der Waals surface area contributed by atoms with Crippen molar-refractivity contribution < 1.29 is 0 Å². The Bertz CT molecular complexity index is 370. The van der Waals surface area contributed by atoms with Gasteiger partial charge in [0.2, 0.25) is 0 Å². The van der Waals surface area contributed by atoms with Crippen LogP contribution in [-0.4, -0.2) is 27.5 Å². The molecule has 0 aliphatic carbocycles. The van der Waals surface area contributed by atoms with Crippen LogP contribution in [0.3, 0.4) is 0 Å². The van der Waals surface area contributed by atoms with Gasteiger partial charge in [-0.2, -0.15) is 0 Å². The van der Waals surface area contributed by atoms with Gasteiger partial charge in [0.25, 0.3) is 0 Å². The first-order chi connectivity index (χ1) is 7.52. The van der Waals surface area contributed by atoms with Gasteiger partial charge >= 0.3 is 0 Å². The highest BCUT2D eigenvalue weighted by Crippen LogP contribution is 2.23. The first-order valence-electron chi connectivity index (χ1n) is 5.02. The Morgan fingerprint density at radius 3 is 2.81 bits per heavy atom. The zero-order valence-electron chi connectivity index (χ0n) is 9.35. The van der Waals surface area contributed by atoms with Crippen molar-refractivity contribution in [2.45, 2.75) is 26.3 Å². The first kappa shape index (κ1) is 13.1. The summed E-state index contributed by atoms with van der Waals surface area (Å²) in [6, 6.07) is 0.279. The van der Waals surface area contributed by atoms with Crippen LogP contribution in [0.25, 0.3) is 0 Å². The summed E-state index contributed by atoms with van der Waals surface area (Å²) in [5, 5.41) is 0.541. The van der Waals surface area contributed by atoms with Crippen molar-refractivity contribution in [3.63, 3.8) is 0 Å². The van der Waals surface area contributed by atoms with Crippen LogP contribution < -0.4 is 10.6 Å². The van der Waals surface area contributed by atoms with Gasteiger partial charge in [-0.1, -0.05) is 23.8 Å². The van der Waals surface area contributed by atoms with E-state index in [2.05, 4.69) is 28.7 Å². The minimum Gasteiger partial charge on any atom is -0.393 e. The van der Waals surface area contributed by atoms with E-state index in [-0.39, 0.29) is 6.04 Å². The summed E-state index contributed by atoms with van der Waals surface area (Å²) in [5.41, 5.74) is 5.50. The number of thiocarbonyl (C=S) groups is 1. The van der Waals surface area contributed by atoms with Crippen molar-refractivity contribution in [2.24, 2.45) is 5.73 Å². The van der Waals surface area contributed by atoms with E-state index >= 15 is 0 Å². The van der Waals surface area contributed by atoms with Gasteiger partial charge in [-0.05, 0) is 13.8 Å². The topological polar surface area (TPSA) is 55.0 Å². The smallest absolute Gasteiger partial charge is 0.151 e. The molecule has 0 saturated carbocycles. The van der Waals surface area contributed by atoms with Gasteiger partial charge in [-0.3, -0.25) is 0 Å². The Morgan fingerprint density at radius 2 is 2.31 bits per heavy atom. The predicted octanol–water partition coefficient (Wildman–Crippen LogP) is 2.02. The van der Waals surface area contributed by atoms with Crippen LogP contribution in [0.1, 0.15) is 20.3 Å². The zero-order chi connectivity index (χ0) is 12.1. The third-order valence-electron chi connectivity index (χ3n) is 2.14. The molecular formula is C10H15ClN4S. The molecule has 0 fully saturated rings. The van der Waals surface area contributed by atoms with E-state index in [0.29, 0.717) is 23.0 Å². The lowest BCUT2D eigenvalue weighted by Crippen LogP contribution is -2.34. The minimum atomic E-state index is 0.279. The molecule has 0 saturated heterocycles. The van der Waals surface area contributed by atoms with Gasteiger partial charge in [0.15, 0.2) is 5.82 Å². The molecule has 88 valence electrons. The number of halogens is 1. The highest BCUT2D eigenvalue weighted by Gasteiger charge is 2.15. The maximum absolute atomic E-state index is 6.05. The van der Waals surface area contributed by atoms with Crippen molar-refractivity contribution in [1.29, 1.82) is 0 Å². The molecule has 1 aromatic rings. The van der Waals surface area contributed by atoms with Crippen LogP contribution in [0, 0.1) is 0 Å². The van der Waals surface area contributed by atoms with E-state index in [1.165, 1.54) is 6.33 Å². The number of aromatic nitrogens is 2.